The average Bonchev–Trinajstić information content (AvgIpc) is 3.56. The summed E-state index contributed by atoms with van der Waals surface area (Å²) in [4.78, 5) is 26.4. The lowest BCUT2D eigenvalue weighted by Crippen LogP contribution is -2.41. The second-order valence-electron chi connectivity index (χ2n) is 7.02. The van der Waals surface area contributed by atoms with Crippen LogP contribution in [0.1, 0.15) is 25.7 Å². The number of benzene rings is 2. The summed E-state index contributed by atoms with van der Waals surface area (Å²) in [6, 6.07) is 15.7. The van der Waals surface area contributed by atoms with E-state index in [4.69, 9.17) is 11.6 Å². The average molecular weight is 479 g/mol. The van der Waals surface area contributed by atoms with Crippen LogP contribution < -0.4 is 10.9 Å². The molecular formula is C21H15ClN8O2S. The van der Waals surface area contributed by atoms with Gasteiger partial charge >= 0.3 is 0 Å². The van der Waals surface area contributed by atoms with Gasteiger partial charge < -0.3 is 0 Å². The highest BCUT2D eigenvalue weighted by atomic mass is 35.5. The lowest BCUT2D eigenvalue weighted by molar-refractivity contribution is 0.0849. The minimum Gasteiger partial charge on any atom is -0.267 e. The van der Waals surface area contributed by atoms with Gasteiger partial charge in [-0.25, -0.2) is 9.36 Å². The molecule has 0 saturated heterocycles. The monoisotopic (exact) mass is 478 g/mol. The molecule has 0 atom stereocenters. The zero-order valence-electron chi connectivity index (χ0n) is 17.1. The van der Waals surface area contributed by atoms with Gasteiger partial charge in [-0.1, -0.05) is 17.7 Å². The van der Waals surface area contributed by atoms with E-state index in [-0.39, 0.29) is 0 Å². The lowest BCUT2D eigenvalue weighted by Gasteiger charge is -2.07. The van der Waals surface area contributed by atoms with Crippen LogP contribution in [-0.2, 0) is 0 Å². The molecule has 2 aromatic carbocycles. The Balaban J connectivity index is 1.30. The fourth-order valence-electron chi connectivity index (χ4n) is 3.23. The number of fused-ring (bicyclic) bond motifs is 1. The topological polar surface area (TPSA) is 120 Å². The smallest absolute Gasteiger partial charge is 0.267 e. The molecule has 12 heteroatoms. The molecule has 33 heavy (non-hydrogen) atoms. The highest BCUT2D eigenvalue weighted by molar-refractivity contribution is 7.20. The van der Waals surface area contributed by atoms with Gasteiger partial charge in [0, 0.05) is 16.0 Å². The third-order valence-electron chi connectivity index (χ3n) is 4.85. The SMILES string of the molecule is Cc1nn(-c2cccc(Cl)c2)c2sc(C(=O)NNC(=O)c3ccc(-n4cnnn4)cc3)cc12. The molecule has 0 bridgehead atoms. The fraction of sp³-hybridized carbons (Fsp3) is 0.0476. The maximum atomic E-state index is 12.7. The van der Waals surface area contributed by atoms with Gasteiger partial charge in [0.1, 0.15) is 11.2 Å². The molecule has 164 valence electrons. The van der Waals surface area contributed by atoms with Gasteiger partial charge in [0.25, 0.3) is 11.8 Å². The number of aryl methyl sites for hydroxylation is 1. The van der Waals surface area contributed by atoms with Crippen LogP contribution in [0.25, 0.3) is 21.6 Å². The van der Waals surface area contributed by atoms with Gasteiger partial charge in [0.2, 0.25) is 0 Å². The summed E-state index contributed by atoms with van der Waals surface area (Å²) in [6.07, 6.45) is 1.45. The maximum absolute atomic E-state index is 12.7. The van der Waals surface area contributed by atoms with E-state index >= 15 is 0 Å². The quantitative estimate of drug-likeness (QED) is 0.383. The van der Waals surface area contributed by atoms with Gasteiger partial charge in [-0.3, -0.25) is 20.4 Å². The van der Waals surface area contributed by atoms with E-state index < -0.39 is 11.8 Å². The zero-order valence-corrected chi connectivity index (χ0v) is 18.6. The van der Waals surface area contributed by atoms with Crippen LogP contribution in [0, 0.1) is 6.92 Å². The third-order valence-corrected chi connectivity index (χ3v) is 6.20. The Morgan fingerprint density at radius 3 is 2.52 bits per heavy atom. The van der Waals surface area contributed by atoms with Crippen molar-refractivity contribution in [3.05, 3.63) is 82.1 Å². The molecule has 0 aliphatic heterocycles. The van der Waals surface area contributed by atoms with Gasteiger partial charge in [-0.2, -0.15) is 5.10 Å². The number of carbonyl (C=O) groups excluding carboxylic acids is 2. The van der Waals surface area contributed by atoms with E-state index in [1.807, 2.05) is 19.1 Å². The first-order valence-corrected chi connectivity index (χ1v) is 10.9. The van der Waals surface area contributed by atoms with E-state index in [9.17, 15) is 9.59 Å². The molecule has 0 aliphatic carbocycles. The summed E-state index contributed by atoms with van der Waals surface area (Å²) in [7, 11) is 0. The van der Waals surface area contributed by atoms with Crippen molar-refractivity contribution < 1.29 is 9.59 Å². The maximum Gasteiger partial charge on any atom is 0.279 e. The Morgan fingerprint density at radius 2 is 1.79 bits per heavy atom. The van der Waals surface area contributed by atoms with Crippen LogP contribution in [-0.4, -0.2) is 41.8 Å². The minimum absolute atomic E-state index is 0.371. The Morgan fingerprint density at radius 1 is 1.00 bits per heavy atom. The van der Waals surface area contributed by atoms with Crippen molar-refractivity contribution >= 4 is 45.0 Å². The van der Waals surface area contributed by atoms with Crippen LogP contribution in [0.2, 0.25) is 5.02 Å². The van der Waals surface area contributed by atoms with Crippen molar-refractivity contribution in [2.75, 3.05) is 0 Å². The van der Waals surface area contributed by atoms with Crippen molar-refractivity contribution in [2.45, 2.75) is 6.92 Å². The summed E-state index contributed by atoms with van der Waals surface area (Å²) in [5.74, 6) is -0.874. The van der Waals surface area contributed by atoms with Gasteiger partial charge in [0.05, 0.1) is 21.9 Å². The van der Waals surface area contributed by atoms with E-state index in [1.54, 1.807) is 47.1 Å². The number of hydrogen-bond acceptors (Lipinski definition) is 7. The third kappa shape index (κ3) is 4.06. The number of hydrogen-bond donors (Lipinski definition) is 2. The number of carbonyl (C=O) groups is 2. The van der Waals surface area contributed by atoms with Crippen molar-refractivity contribution in [3.8, 4) is 11.4 Å². The summed E-state index contributed by atoms with van der Waals surface area (Å²) in [5.41, 5.74) is 7.56. The number of nitrogens with one attached hydrogen (secondary N) is 2. The second kappa shape index (κ2) is 8.45. The Hall–Kier alpha value is -4.09. The predicted molar refractivity (Wildman–Crippen MR) is 123 cm³/mol. The molecule has 0 unspecified atom stereocenters. The molecule has 0 spiro atoms. The first kappa shape index (κ1) is 20.8. The van der Waals surface area contributed by atoms with Gasteiger partial charge in [0.15, 0.2) is 0 Å². The standard InChI is InChI=1S/C21H15ClN8O2S/c1-12-17-10-18(33-21(17)30(26-12)16-4-2-3-14(22)9-16)20(32)25-24-19(31)13-5-7-15(8-6-13)29-11-23-27-28-29/h2-11H,1H3,(H,24,31)(H,25,32). The number of hydrazine groups is 1. The number of thiophene rings is 1. The van der Waals surface area contributed by atoms with Crippen molar-refractivity contribution in [3.63, 3.8) is 0 Å². The minimum atomic E-state index is -0.450. The molecule has 3 aromatic heterocycles. The number of nitrogens with zero attached hydrogens (tertiary/aromatic N) is 6. The number of amides is 2. The van der Waals surface area contributed by atoms with Crippen LogP contribution >= 0.6 is 22.9 Å². The first-order chi connectivity index (χ1) is 16.0. The molecule has 2 amide bonds. The van der Waals surface area contributed by atoms with Crippen LogP contribution in [0.15, 0.2) is 60.9 Å². The normalized spacial score (nSPS) is 11.0. The molecule has 0 fully saturated rings. The molecule has 0 aliphatic rings. The van der Waals surface area contributed by atoms with Crippen LogP contribution in [0.4, 0.5) is 0 Å². The zero-order chi connectivity index (χ0) is 22.9. The van der Waals surface area contributed by atoms with Crippen LogP contribution in [0.5, 0.6) is 0 Å². The molecule has 2 N–H and O–H groups in total. The first-order valence-electron chi connectivity index (χ1n) is 9.69. The molecule has 5 aromatic rings. The highest BCUT2D eigenvalue weighted by Gasteiger charge is 2.18. The summed E-state index contributed by atoms with van der Waals surface area (Å²) < 4.78 is 3.22. The molecule has 0 radical (unpaired) electrons. The molecule has 5 rings (SSSR count). The van der Waals surface area contributed by atoms with E-state index in [0.717, 1.165) is 21.6 Å². The summed E-state index contributed by atoms with van der Waals surface area (Å²) >= 11 is 7.39. The summed E-state index contributed by atoms with van der Waals surface area (Å²) in [5, 5.41) is 16.9. The van der Waals surface area contributed by atoms with E-state index in [1.165, 1.54) is 22.3 Å². The fourth-order valence-corrected chi connectivity index (χ4v) is 4.50. The summed E-state index contributed by atoms with van der Waals surface area (Å²) in [6.45, 7) is 1.87. The van der Waals surface area contributed by atoms with Crippen molar-refractivity contribution in [2.24, 2.45) is 0 Å². The largest absolute Gasteiger partial charge is 0.279 e. The Bertz CT molecular complexity index is 1470. The number of halogens is 1. The lowest BCUT2D eigenvalue weighted by atomic mass is 10.2. The van der Waals surface area contributed by atoms with Gasteiger partial charge in [-0.15, -0.1) is 16.4 Å². The van der Waals surface area contributed by atoms with Crippen LogP contribution in [0.3, 0.4) is 0 Å². The highest BCUT2D eigenvalue weighted by Crippen LogP contribution is 2.30. The van der Waals surface area contributed by atoms with Crippen molar-refractivity contribution in [1.82, 2.24) is 40.8 Å². The molecule has 10 nitrogen and oxygen atoms in total. The van der Waals surface area contributed by atoms with E-state index in [0.29, 0.717) is 21.2 Å². The number of rotatable bonds is 4. The molecule has 3 heterocycles. The van der Waals surface area contributed by atoms with E-state index in [2.05, 4.69) is 31.5 Å². The molecular weight excluding hydrogens is 464 g/mol. The second-order valence-corrected chi connectivity index (χ2v) is 8.48. The van der Waals surface area contributed by atoms with Crippen molar-refractivity contribution in [1.29, 1.82) is 0 Å². The predicted octanol–water partition coefficient (Wildman–Crippen LogP) is 3.10. The molecule has 0 saturated carbocycles. The Labute approximate surface area is 195 Å². The number of tetrazole rings is 1. The Kier molecular flexibility index (Phi) is 5.32. The number of aromatic nitrogens is 6. The van der Waals surface area contributed by atoms with Gasteiger partial charge in [-0.05, 0) is 65.9 Å².